The number of nitrogens with zero attached hydrogens (tertiary/aromatic N) is 2. The molecule has 0 heterocycles. The number of hydrogen-bond acceptors (Lipinski definition) is 8. The Kier molecular flexibility index (Phi) is 9.52. The summed E-state index contributed by atoms with van der Waals surface area (Å²) in [5.41, 5.74) is 2.46. The van der Waals surface area contributed by atoms with Crippen molar-refractivity contribution in [3.8, 4) is 17.2 Å². The zero-order valence-electron chi connectivity index (χ0n) is 20.7. The monoisotopic (exact) mass is 518 g/mol. The van der Waals surface area contributed by atoms with Gasteiger partial charge in [0.1, 0.15) is 17.2 Å². The Morgan fingerprint density at radius 2 is 1.79 bits per heavy atom. The Morgan fingerprint density at radius 3 is 2.42 bits per heavy atom. The third-order valence-electron chi connectivity index (χ3n) is 5.09. The first kappa shape index (κ1) is 27.4. The van der Waals surface area contributed by atoms with Gasteiger partial charge in [0.05, 0.1) is 30.9 Å². The van der Waals surface area contributed by atoms with E-state index < -0.39 is 28.2 Å². The number of carbonyl (C=O) groups is 2. The second-order valence-electron chi connectivity index (χ2n) is 7.84. The predicted octanol–water partition coefficient (Wildman–Crippen LogP) is 4.02. The van der Waals surface area contributed by atoms with Crippen molar-refractivity contribution >= 4 is 29.8 Å². The fourth-order valence-electron chi connectivity index (χ4n) is 3.18. The molecule has 3 N–H and O–H groups in total. The molecule has 0 aliphatic rings. The highest BCUT2D eigenvalue weighted by molar-refractivity contribution is 6.05. The number of amides is 2. The van der Waals surface area contributed by atoms with Gasteiger partial charge in [-0.1, -0.05) is 37.3 Å². The largest absolute Gasteiger partial charge is 0.502 e. The molecule has 2 amide bonds. The number of ether oxygens (including phenoxy) is 2. The number of phenolic OH excluding ortho intramolecular Hbond substituents is 1. The minimum atomic E-state index is -0.772. The van der Waals surface area contributed by atoms with Crippen molar-refractivity contribution in [2.75, 3.05) is 13.7 Å². The van der Waals surface area contributed by atoms with Crippen LogP contribution in [0.4, 0.5) is 5.69 Å². The van der Waals surface area contributed by atoms with E-state index in [1.807, 2.05) is 6.92 Å². The van der Waals surface area contributed by atoms with Crippen molar-refractivity contribution in [1.82, 2.24) is 10.7 Å². The van der Waals surface area contributed by atoms with Crippen LogP contribution in [0.15, 0.2) is 77.5 Å². The molecule has 0 spiro atoms. The van der Waals surface area contributed by atoms with Gasteiger partial charge in [0, 0.05) is 11.1 Å². The first-order valence-electron chi connectivity index (χ1n) is 11.5. The number of carbonyl (C=O) groups excluding carboxylic acids is 2. The van der Waals surface area contributed by atoms with Crippen LogP contribution in [-0.4, -0.2) is 41.8 Å². The quantitative estimate of drug-likeness (QED) is 0.150. The predicted molar refractivity (Wildman–Crippen MR) is 141 cm³/mol. The van der Waals surface area contributed by atoms with Crippen molar-refractivity contribution < 1.29 is 29.1 Å². The molecule has 11 heteroatoms. The fourth-order valence-corrected chi connectivity index (χ4v) is 3.18. The topological polar surface area (TPSA) is 152 Å². The van der Waals surface area contributed by atoms with E-state index in [4.69, 9.17) is 9.47 Å². The van der Waals surface area contributed by atoms with E-state index in [9.17, 15) is 24.8 Å². The van der Waals surface area contributed by atoms with Gasteiger partial charge in [-0.2, -0.15) is 5.10 Å². The average Bonchev–Trinajstić information content (AvgIpc) is 2.93. The van der Waals surface area contributed by atoms with Gasteiger partial charge in [0.25, 0.3) is 11.8 Å². The summed E-state index contributed by atoms with van der Waals surface area (Å²) in [6, 6.07) is 17.7. The highest BCUT2D eigenvalue weighted by Gasteiger charge is 2.19. The maximum absolute atomic E-state index is 13.0. The molecule has 196 valence electrons. The summed E-state index contributed by atoms with van der Waals surface area (Å²) in [5, 5.41) is 27.8. The van der Waals surface area contributed by atoms with E-state index in [0.717, 1.165) is 18.7 Å². The zero-order valence-corrected chi connectivity index (χ0v) is 20.7. The number of hydrogen-bond donors (Lipinski definition) is 3. The molecule has 11 nitrogen and oxygen atoms in total. The molecule has 3 aromatic rings. The highest BCUT2D eigenvalue weighted by Crippen LogP contribution is 2.33. The molecule has 0 aliphatic carbocycles. The van der Waals surface area contributed by atoms with Gasteiger partial charge >= 0.3 is 5.69 Å². The normalized spacial score (nSPS) is 11.2. The summed E-state index contributed by atoms with van der Waals surface area (Å²) in [5.74, 6) is -1.15. The van der Waals surface area contributed by atoms with Crippen LogP contribution in [0.2, 0.25) is 0 Å². The minimum absolute atomic E-state index is 0.0575. The van der Waals surface area contributed by atoms with E-state index in [1.165, 1.54) is 19.3 Å². The lowest BCUT2D eigenvalue weighted by atomic mass is 10.1. The Balaban J connectivity index is 1.85. The van der Waals surface area contributed by atoms with Crippen molar-refractivity contribution in [3.63, 3.8) is 0 Å². The van der Waals surface area contributed by atoms with Crippen molar-refractivity contribution in [1.29, 1.82) is 0 Å². The van der Waals surface area contributed by atoms with E-state index >= 15 is 0 Å². The second-order valence-corrected chi connectivity index (χ2v) is 7.84. The Hall–Kier alpha value is -5.19. The SMILES string of the molecule is CCCOc1ccc(C=C(NC(=O)c2ccccc2)C(=O)NN=Cc2cc(OC)cc([N+](=O)[O-])c2O)cc1. The maximum Gasteiger partial charge on any atom is 0.315 e. The maximum atomic E-state index is 13.0. The number of phenols is 1. The molecule has 0 aliphatic heterocycles. The third-order valence-corrected chi connectivity index (χ3v) is 5.09. The number of aromatic hydroxyl groups is 1. The smallest absolute Gasteiger partial charge is 0.315 e. The standard InChI is InChI=1S/C27H26N4O7/c1-3-13-38-21-11-9-18(10-12-21)14-23(29-26(33)19-7-5-4-6-8-19)27(34)30-28-17-20-15-22(37-2)16-24(25(20)32)31(35)36/h4-12,14-17,32H,3,13H2,1-2H3,(H,29,33)(H,30,34). The van der Waals surface area contributed by atoms with Gasteiger partial charge in [0.2, 0.25) is 5.75 Å². The first-order chi connectivity index (χ1) is 18.3. The molecular weight excluding hydrogens is 492 g/mol. The van der Waals surface area contributed by atoms with Crippen molar-refractivity contribution in [3.05, 3.63) is 99.2 Å². The van der Waals surface area contributed by atoms with Crippen LogP contribution in [-0.2, 0) is 4.79 Å². The molecule has 3 rings (SSSR count). The van der Waals surface area contributed by atoms with Crippen molar-refractivity contribution in [2.24, 2.45) is 5.10 Å². The molecular formula is C27H26N4O7. The molecule has 3 aromatic carbocycles. The van der Waals surface area contributed by atoms with Crippen LogP contribution in [0.25, 0.3) is 6.08 Å². The summed E-state index contributed by atoms with van der Waals surface area (Å²) in [4.78, 5) is 36.1. The lowest BCUT2D eigenvalue weighted by molar-refractivity contribution is -0.385. The summed E-state index contributed by atoms with van der Waals surface area (Å²) < 4.78 is 10.6. The summed E-state index contributed by atoms with van der Waals surface area (Å²) in [6.45, 7) is 2.57. The van der Waals surface area contributed by atoms with Crippen LogP contribution in [0, 0.1) is 10.1 Å². The van der Waals surface area contributed by atoms with Crippen LogP contribution in [0.3, 0.4) is 0 Å². The summed E-state index contributed by atoms with van der Waals surface area (Å²) in [7, 11) is 1.31. The van der Waals surface area contributed by atoms with Gasteiger partial charge < -0.3 is 19.9 Å². The van der Waals surface area contributed by atoms with Gasteiger partial charge in [0.15, 0.2) is 0 Å². The zero-order chi connectivity index (χ0) is 27.5. The number of methoxy groups -OCH3 is 1. The van der Waals surface area contributed by atoms with Crippen LogP contribution < -0.4 is 20.2 Å². The highest BCUT2D eigenvalue weighted by atomic mass is 16.6. The average molecular weight is 519 g/mol. The lowest BCUT2D eigenvalue weighted by Crippen LogP contribution is -2.32. The summed E-state index contributed by atoms with van der Waals surface area (Å²) in [6.07, 6.45) is 3.35. The van der Waals surface area contributed by atoms with Crippen LogP contribution in [0.1, 0.15) is 34.8 Å². The number of benzene rings is 3. The molecule has 0 fully saturated rings. The molecule has 0 radical (unpaired) electrons. The number of nitro benzene ring substituents is 1. The fraction of sp³-hybridized carbons (Fsp3) is 0.148. The van der Waals surface area contributed by atoms with E-state index in [2.05, 4.69) is 15.8 Å². The van der Waals surface area contributed by atoms with Gasteiger partial charge in [-0.15, -0.1) is 0 Å². The van der Waals surface area contributed by atoms with Gasteiger partial charge in [-0.05, 0) is 48.4 Å². The number of nitro groups is 1. The molecule has 0 unspecified atom stereocenters. The number of hydrazone groups is 1. The molecule has 0 bridgehead atoms. The van der Waals surface area contributed by atoms with Crippen LogP contribution in [0.5, 0.6) is 17.2 Å². The van der Waals surface area contributed by atoms with Gasteiger partial charge in [-0.3, -0.25) is 19.7 Å². The third kappa shape index (κ3) is 7.40. The number of nitrogens with one attached hydrogen (secondary N) is 2. The molecule has 0 atom stereocenters. The van der Waals surface area contributed by atoms with Gasteiger partial charge in [-0.25, -0.2) is 5.43 Å². The van der Waals surface area contributed by atoms with Crippen LogP contribution >= 0.6 is 0 Å². The molecule has 38 heavy (non-hydrogen) atoms. The minimum Gasteiger partial charge on any atom is -0.502 e. The Bertz CT molecular complexity index is 1350. The van der Waals surface area contributed by atoms with E-state index in [0.29, 0.717) is 23.5 Å². The molecule has 0 aromatic heterocycles. The number of rotatable bonds is 11. The molecule has 0 saturated heterocycles. The van der Waals surface area contributed by atoms with E-state index in [-0.39, 0.29) is 17.0 Å². The lowest BCUT2D eigenvalue weighted by Gasteiger charge is -2.10. The molecule has 0 saturated carbocycles. The second kappa shape index (κ2) is 13.2. The first-order valence-corrected chi connectivity index (χ1v) is 11.5. The Morgan fingerprint density at radius 1 is 1.08 bits per heavy atom. The van der Waals surface area contributed by atoms with E-state index in [1.54, 1.807) is 54.6 Å². The van der Waals surface area contributed by atoms with Crippen molar-refractivity contribution in [2.45, 2.75) is 13.3 Å². The Labute approximate surface area is 218 Å². The summed E-state index contributed by atoms with van der Waals surface area (Å²) >= 11 is 0.